The smallest absolute Gasteiger partial charge is 0.262 e. The van der Waals surface area contributed by atoms with Crippen molar-refractivity contribution < 1.29 is 18.0 Å². The van der Waals surface area contributed by atoms with Crippen LogP contribution in [0.25, 0.3) is 11.1 Å². The van der Waals surface area contributed by atoms with E-state index in [2.05, 4.69) is 20.0 Å². The average Bonchev–Trinajstić information content (AvgIpc) is 3.28. The van der Waals surface area contributed by atoms with Crippen LogP contribution in [-0.2, 0) is 14.8 Å². The van der Waals surface area contributed by atoms with Crippen LogP contribution < -0.4 is 27.2 Å². The lowest BCUT2D eigenvalue weighted by Gasteiger charge is -2.13. The summed E-state index contributed by atoms with van der Waals surface area (Å²) in [6.07, 6.45) is 4.37. The number of nitrogens with one attached hydrogen (secondary N) is 2. The number of hydrogen-bond donors (Lipinski definition) is 5. The van der Waals surface area contributed by atoms with Crippen molar-refractivity contribution in [2.75, 3.05) is 11.3 Å². The summed E-state index contributed by atoms with van der Waals surface area (Å²) >= 11 is 0.954. The molecule has 3 aromatic rings. The van der Waals surface area contributed by atoms with E-state index in [1.165, 1.54) is 36.2 Å². The third-order valence-electron chi connectivity index (χ3n) is 4.80. The molecule has 0 bridgehead atoms. The molecule has 3 rings (SSSR count). The first-order valence-electron chi connectivity index (χ1n) is 10.2. The molecule has 2 heterocycles. The molecule has 2 aromatic heterocycles. The van der Waals surface area contributed by atoms with Gasteiger partial charge in [-0.1, -0.05) is 18.2 Å². The molecule has 1 aromatic carbocycles. The van der Waals surface area contributed by atoms with Gasteiger partial charge in [-0.2, -0.15) is 0 Å². The van der Waals surface area contributed by atoms with Crippen molar-refractivity contribution in [2.45, 2.75) is 30.1 Å². The predicted octanol–water partition coefficient (Wildman–Crippen LogP) is 0.656. The molecule has 13 heteroatoms. The summed E-state index contributed by atoms with van der Waals surface area (Å²) in [5, 5.41) is 4.31. The molecule has 0 spiro atoms. The highest BCUT2D eigenvalue weighted by atomic mass is 32.2. The normalized spacial score (nSPS) is 12.5. The first kappa shape index (κ1) is 25.6. The first-order valence-corrected chi connectivity index (χ1v) is 12.6. The van der Waals surface area contributed by atoms with E-state index < -0.39 is 33.9 Å². The summed E-state index contributed by atoms with van der Waals surface area (Å²) in [6.45, 7) is 0.433. The number of thiophene rings is 1. The molecule has 0 aliphatic carbocycles. The lowest BCUT2D eigenvalue weighted by molar-refractivity contribution is -0.116. The minimum atomic E-state index is -4.12. The van der Waals surface area contributed by atoms with Crippen LogP contribution in [0.15, 0.2) is 59.3 Å². The first-order chi connectivity index (χ1) is 16.2. The van der Waals surface area contributed by atoms with E-state index in [0.29, 0.717) is 24.1 Å². The van der Waals surface area contributed by atoms with E-state index in [1.807, 2.05) is 0 Å². The Morgan fingerprint density at radius 2 is 1.76 bits per heavy atom. The highest BCUT2D eigenvalue weighted by Crippen LogP contribution is 2.30. The Labute approximate surface area is 200 Å². The molecule has 0 saturated heterocycles. The van der Waals surface area contributed by atoms with Crippen LogP contribution in [0, 0.1) is 0 Å². The maximum Gasteiger partial charge on any atom is 0.262 e. The Hall–Kier alpha value is -3.07. The van der Waals surface area contributed by atoms with Gasteiger partial charge in [0.2, 0.25) is 11.6 Å². The standard InChI is InChI=1S/C21H25N7O4S2/c22-15(5-3-8-27-21(23)24)18(29)19(30)20-16(7-9-33-20)28-34(31,32)17-6-2-1-4-14(17)13-10-25-12-26-11-13/h1-2,4,6-7,9-12,15,21,27-28H,3,5,8,22-24H2/t15-/m0/s1. The summed E-state index contributed by atoms with van der Waals surface area (Å²) < 4.78 is 28.8. The zero-order chi connectivity index (χ0) is 24.7. The van der Waals surface area contributed by atoms with Gasteiger partial charge in [0.1, 0.15) is 17.5 Å². The number of nitrogens with zero attached hydrogens (tertiary/aromatic N) is 2. The topological polar surface area (TPSA) is 196 Å². The monoisotopic (exact) mass is 503 g/mol. The summed E-state index contributed by atoms with van der Waals surface area (Å²) in [5.41, 5.74) is 17.6. The van der Waals surface area contributed by atoms with Crippen LogP contribution in [0.1, 0.15) is 22.5 Å². The molecule has 0 saturated carbocycles. The van der Waals surface area contributed by atoms with Gasteiger partial charge in [-0.15, -0.1) is 11.3 Å². The molecule has 0 amide bonds. The zero-order valence-corrected chi connectivity index (χ0v) is 19.7. The van der Waals surface area contributed by atoms with Gasteiger partial charge in [0.25, 0.3) is 10.0 Å². The minimum Gasteiger partial charge on any atom is -0.321 e. The van der Waals surface area contributed by atoms with Gasteiger partial charge in [0.15, 0.2) is 0 Å². The fourth-order valence-electron chi connectivity index (χ4n) is 3.14. The third-order valence-corrected chi connectivity index (χ3v) is 7.13. The maximum atomic E-state index is 13.2. The molecule has 0 aliphatic heterocycles. The van der Waals surface area contributed by atoms with E-state index in [1.54, 1.807) is 18.2 Å². The summed E-state index contributed by atoms with van der Waals surface area (Å²) in [4.78, 5) is 33.2. The second kappa shape index (κ2) is 11.4. The van der Waals surface area contributed by atoms with Gasteiger partial charge < -0.3 is 17.2 Å². The van der Waals surface area contributed by atoms with Crippen molar-refractivity contribution in [3.05, 3.63) is 59.3 Å². The molecule has 180 valence electrons. The summed E-state index contributed by atoms with van der Waals surface area (Å²) in [7, 11) is -4.12. The van der Waals surface area contributed by atoms with Crippen LogP contribution in [0.2, 0.25) is 0 Å². The quantitative estimate of drug-likeness (QED) is 0.101. The number of sulfonamides is 1. The number of rotatable bonds is 12. The fraction of sp³-hybridized carbons (Fsp3) is 0.238. The van der Waals surface area contributed by atoms with Gasteiger partial charge in [-0.25, -0.2) is 18.4 Å². The number of aromatic nitrogens is 2. The van der Waals surface area contributed by atoms with Gasteiger partial charge in [-0.05, 0) is 36.9 Å². The largest absolute Gasteiger partial charge is 0.321 e. The second-order valence-electron chi connectivity index (χ2n) is 7.31. The van der Waals surface area contributed by atoms with Crippen LogP contribution in [-0.4, -0.2) is 48.8 Å². The summed E-state index contributed by atoms with van der Waals surface area (Å²) in [5.74, 6) is -1.66. The number of Topliss-reactive ketones (excluding diaryl/α,β-unsaturated/α-hetero) is 2. The molecule has 0 radical (unpaired) electrons. The van der Waals surface area contributed by atoms with E-state index in [9.17, 15) is 18.0 Å². The molecule has 34 heavy (non-hydrogen) atoms. The fourth-order valence-corrected chi connectivity index (χ4v) is 5.31. The zero-order valence-electron chi connectivity index (χ0n) is 18.0. The van der Waals surface area contributed by atoms with E-state index in [-0.39, 0.29) is 21.9 Å². The minimum absolute atomic E-state index is 0.00503. The number of carbonyl (C=O) groups excluding carboxylic acids is 2. The van der Waals surface area contributed by atoms with Crippen molar-refractivity contribution in [3.8, 4) is 11.1 Å². The van der Waals surface area contributed by atoms with Crippen LogP contribution >= 0.6 is 11.3 Å². The molecule has 1 atom stereocenters. The van der Waals surface area contributed by atoms with Crippen molar-refractivity contribution >= 4 is 38.6 Å². The second-order valence-corrected chi connectivity index (χ2v) is 9.88. The van der Waals surface area contributed by atoms with Crippen molar-refractivity contribution in [3.63, 3.8) is 0 Å². The molecule has 11 nitrogen and oxygen atoms in total. The Morgan fingerprint density at radius 1 is 1.06 bits per heavy atom. The van der Waals surface area contributed by atoms with Gasteiger partial charge in [0.05, 0.1) is 16.6 Å². The highest BCUT2D eigenvalue weighted by molar-refractivity contribution is 7.92. The van der Waals surface area contributed by atoms with Crippen LogP contribution in [0.3, 0.4) is 0 Å². The number of anilines is 1. The predicted molar refractivity (Wildman–Crippen MR) is 129 cm³/mol. The van der Waals surface area contributed by atoms with E-state index >= 15 is 0 Å². The highest BCUT2D eigenvalue weighted by Gasteiger charge is 2.28. The Morgan fingerprint density at radius 3 is 2.47 bits per heavy atom. The average molecular weight is 504 g/mol. The molecule has 0 fully saturated rings. The van der Waals surface area contributed by atoms with Gasteiger partial charge in [-0.3, -0.25) is 19.6 Å². The van der Waals surface area contributed by atoms with Crippen molar-refractivity contribution in [1.29, 1.82) is 0 Å². The molecule has 0 aliphatic rings. The van der Waals surface area contributed by atoms with Crippen LogP contribution in [0.4, 0.5) is 5.69 Å². The third kappa shape index (κ3) is 6.28. The number of carbonyl (C=O) groups is 2. The number of nitrogens with two attached hydrogens (primary N) is 3. The molecule has 0 unspecified atom stereocenters. The van der Waals surface area contributed by atoms with E-state index in [4.69, 9.17) is 17.2 Å². The van der Waals surface area contributed by atoms with Gasteiger partial charge in [0, 0.05) is 23.5 Å². The molecular formula is C21H25N7O4S2. The molecule has 8 N–H and O–H groups in total. The van der Waals surface area contributed by atoms with E-state index in [0.717, 1.165) is 11.3 Å². The Kier molecular flexibility index (Phi) is 8.55. The lowest BCUT2D eigenvalue weighted by atomic mass is 10.0. The molecular weight excluding hydrogens is 478 g/mol. The number of benzene rings is 1. The van der Waals surface area contributed by atoms with Gasteiger partial charge >= 0.3 is 0 Å². The Balaban J connectivity index is 1.78. The van der Waals surface area contributed by atoms with Crippen molar-refractivity contribution in [1.82, 2.24) is 15.3 Å². The number of ketones is 2. The SMILES string of the molecule is NC(N)NCCC[C@H](N)C(=O)C(=O)c1sccc1NS(=O)(=O)c1ccccc1-c1cncnc1. The lowest BCUT2D eigenvalue weighted by Crippen LogP contribution is -2.46. The van der Waals surface area contributed by atoms with Crippen LogP contribution in [0.5, 0.6) is 0 Å². The summed E-state index contributed by atoms with van der Waals surface area (Å²) in [6, 6.07) is 6.72. The number of hydrogen-bond acceptors (Lipinski definition) is 11. The maximum absolute atomic E-state index is 13.2. The van der Waals surface area contributed by atoms with Crippen molar-refractivity contribution in [2.24, 2.45) is 17.2 Å². The Bertz CT molecular complexity index is 1250.